The summed E-state index contributed by atoms with van der Waals surface area (Å²) < 4.78 is 0. The predicted octanol–water partition coefficient (Wildman–Crippen LogP) is 3.75. The van der Waals surface area contributed by atoms with Gasteiger partial charge in [0.15, 0.2) is 0 Å². The molecule has 2 aliphatic rings. The summed E-state index contributed by atoms with van der Waals surface area (Å²) >= 11 is 0. The lowest BCUT2D eigenvalue weighted by Crippen LogP contribution is -2.38. The first-order valence-corrected chi connectivity index (χ1v) is 11.0. The third kappa shape index (κ3) is 4.84. The molecule has 0 bridgehead atoms. The largest absolute Gasteiger partial charge is 0.342 e. The van der Waals surface area contributed by atoms with Gasteiger partial charge in [-0.15, -0.1) is 0 Å². The zero-order chi connectivity index (χ0) is 20.2. The van der Waals surface area contributed by atoms with Crippen LogP contribution in [0.5, 0.6) is 0 Å². The maximum Gasteiger partial charge on any atom is 0.219 e. The molecule has 4 rings (SSSR count). The van der Waals surface area contributed by atoms with Gasteiger partial charge in [0.25, 0.3) is 0 Å². The van der Waals surface area contributed by atoms with Crippen LogP contribution in [0.2, 0.25) is 0 Å². The van der Waals surface area contributed by atoms with E-state index in [0.717, 1.165) is 57.8 Å². The van der Waals surface area contributed by atoms with Gasteiger partial charge in [-0.2, -0.15) is 0 Å². The molecule has 1 fully saturated rings. The van der Waals surface area contributed by atoms with E-state index < -0.39 is 0 Å². The highest BCUT2D eigenvalue weighted by molar-refractivity contribution is 5.73. The molecule has 0 saturated carbocycles. The molecule has 1 amide bonds. The second-order valence-electron chi connectivity index (χ2n) is 8.63. The van der Waals surface area contributed by atoms with E-state index in [2.05, 4.69) is 42.2 Å². The van der Waals surface area contributed by atoms with Crippen LogP contribution in [0.1, 0.15) is 67.6 Å². The summed E-state index contributed by atoms with van der Waals surface area (Å²) in [5.41, 5.74) is 3.90. The van der Waals surface area contributed by atoms with Crippen LogP contribution >= 0.6 is 0 Å². The Kier molecular flexibility index (Phi) is 6.24. The summed E-state index contributed by atoms with van der Waals surface area (Å²) in [4.78, 5) is 25.8. The number of piperidine rings is 1. The highest BCUT2D eigenvalue weighted by Crippen LogP contribution is 2.27. The first-order valence-electron chi connectivity index (χ1n) is 11.0. The maximum atomic E-state index is 11.7. The smallest absolute Gasteiger partial charge is 0.219 e. The van der Waals surface area contributed by atoms with Crippen LogP contribution in [-0.4, -0.2) is 51.9 Å². The number of amides is 1. The van der Waals surface area contributed by atoms with Crippen LogP contribution in [0.15, 0.2) is 36.5 Å². The number of aromatic nitrogens is 2. The van der Waals surface area contributed by atoms with E-state index in [0.29, 0.717) is 5.92 Å². The van der Waals surface area contributed by atoms with Gasteiger partial charge >= 0.3 is 0 Å². The lowest BCUT2D eigenvalue weighted by Gasteiger charge is -2.32. The molecule has 5 nitrogen and oxygen atoms in total. The zero-order valence-electron chi connectivity index (χ0n) is 17.7. The third-order valence-electron chi connectivity index (χ3n) is 6.51. The molecule has 5 heteroatoms. The Hall–Kier alpha value is -2.27. The number of carbonyl (C=O) groups is 1. The highest BCUT2D eigenvalue weighted by Gasteiger charge is 2.26. The first-order chi connectivity index (χ1) is 14.1. The topological polar surface area (TPSA) is 49.3 Å². The fraction of sp³-hybridized carbons (Fsp3) is 0.542. The van der Waals surface area contributed by atoms with Crippen molar-refractivity contribution in [1.82, 2.24) is 19.8 Å². The monoisotopic (exact) mass is 392 g/mol. The molecule has 1 saturated heterocycles. The normalized spacial score (nSPS) is 20.9. The Balaban J connectivity index is 1.35. The minimum atomic E-state index is 0.160. The number of likely N-dealkylation sites (tertiary alicyclic amines) is 1. The quantitative estimate of drug-likeness (QED) is 0.777. The van der Waals surface area contributed by atoms with Gasteiger partial charge in [-0.25, -0.2) is 9.97 Å². The van der Waals surface area contributed by atoms with E-state index in [4.69, 9.17) is 9.97 Å². The van der Waals surface area contributed by atoms with E-state index in [1.165, 1.54) is 23.2 Å². The number of nitrogens with zero attached hydrogens (tertiary/aromatic N) is 4. The van der Waals surface area contributed by atoms with Gasteiger partial charge in [-0.05, 0) is 37.3 Å². The van der Waals surface area contributed by atoms with Crippen LogP contribution in [0.3, 0.4) is 0 Å². The molecule has 0 spiro atoms. The van der Waals surface area contributed by atoms with E-state index >= 15 is 0 Å². The highest BCUT2D eigenvalue weighted by atomic mass is 16.2. The fourth-order valence-electron chi connectivity index (χ4n) is 4.58. The summed E-state index contributed by atoms with van der Waals surface area (Å²) in [5, 5.41) is 0. The molecule has 2 aliphatic heterocycles. The summed E-state index contributed by atoms with van der Waals surface area (Å²) in [6.45, 7) is 8.72. The molecular weight excluding hydrogens is 360 g/mol. The summed E-state index contributed by atoms with van der Waals surface area (Å²) in [6.07, 6.45) is 6.32. The zero-order valence-corrected chi connectivity index (χ0v) is 17.7. The van der Waals surface area contributed by atoms with E-state index in [1.807, 2.05) is 11.1 Å². The molecule has 0 unspecified atom stereocenters. The third-order valence-corrected chi connectivity index (χ3v) is 6.51. The van der Waals surface area contributed by atoms with Crippen molar-refractivity contribution in [3.63, 3.8) is 0 Å². The van der Waals surface area contributed by atoms with Crippen molar-refractivity contribution in [3.05, 3.63) is 59.2 Å². The Morgan fingerprint density at radius 1 is 1.24 bits per heavy atom. The minimum absolute atomic E-state index is 0.160. The molecule has 1 aromatic heterocycles. The Bertz CT molecular complexity index is 838. The molecular formula is C24H32N4O. The van der Waals surface area contributed by atoms with Crippen molar-refractivity contribution in [1.29, 1.82) is 0 Å². The molecule has 0 radical (unpaired) electrons. The van der Waals surface area contributed by atoms with Crippen LogP contribution < -0.4 is 0 Å². The average molecular weight is 393 g/mol. The average Bonchev–Trinajstić information content (AvgIpc) is 2.77. The summed E-state index contributed by atoms with van der Waals surface area (Å²) in [5.74, 6) is 1.95. The lowest BCUT2D eigenvalue weighted by molar-refractivity contribution is -0.130. The molecule has 29 heavy (non-hydrogen) atoms. The van der Waals surface area contributed by atoms with Crippen molar-refractivity contribution in [2.75, 3.05) is 26.2 Å². The number of hydrogen-bond donors (Lipinski definition) is 0. The molecule has 2 aromatic rings. The summed E-state index contributed by atoms with van der Waals surface area (Å²) in [6, 6.07) is 10.8. The second-order valence-corrected chi connectivity index (χ2v) is 8.63. The molecule has 2 atom stereocenters. The van der Waals surface area contributed by atoms with Gasteiger partial charge in [0.2, 0.25) is 5.91 Å². The van der Waals surface area contributed by atoms with Gasteiger partial charge in [-0.3, -0.25) is 9.69 Å². The van der Waals surface area contributed by atoms with E-state index in [9.17, 15) is 4.79 Å². The number of fused-ring (bicyclic) bond motifs is 1. The summed E-state index contributed by atoms with van der Waals surface area (Å²) in [7, 11) is 0. The first kappa shape index (κ1) is 20.0. The number of benzene rings is 1. The predicted molar refractivity (Wildman–Crippen MR) is 115 cm³/mol. The van der Waals surface area contributed by atoms with Crippen molar-refractivity contribution in [3.8, 4) is 0 Å². The molecule has 0 N–H and O–H groups in total. The van der Waals surface area contributed by atoms with Crippen LogP contribution in [0.4, 0.5) is 0 Å². The van der Waals surface area contributed by atoms with Crippen molar-refractivity contribution < 1.29 is 4.79 Å². The van der Waals surface area contributed by atoms with Crippen LogP contribution in [0, 0.1) is 0 Å². The fourth-order valence-corrected chi connectivity index (χ4v) is 4.58. The van der Waals surface area contributed by atoms with Crippen molar-refractivity contribution in [2.24, 2.45) is 0 Å². The van der Waals surface area contributed by atoms with Gasteiger partial charge < -0.3 is 4.90 Å². The van der Waals surface area contributed by atoms with Gasteiger partial charge in [0.05, 0.1) is 0 Å². The standard InChI is InChI=1S/C24H32N4O/c1-18(20-7-4-3-5-8-20)10-13-27-14-11-23-22(16-27)15-25-24(26-23)21-9-6-12-28(17-21)19(2)29/h3-5,7-8,15,18,21H,6,9-14,16-17H2,1-2H3/t18-,21-/m1/s1. The number of rotatable bonds is 5. The van der Waals surface area contributed by atoms with Gasteiger partial charge in [0.1, 0.15) is 5.82 Å². The number of carbonyl (C=O) groups excluding carboxylic acids is 1. The number of hydrogen-bond acceptors (Lipinski definition) is 4. The lowest BCUT2D eigenvalue weighted by atomic mass is 9.96. The molecule has 1 aromatic carbocycles. The van der Waals surface area contributed by atoms with Crippen LogP contribution in [-0.2, 0) is 17.8 Å². The second kappa shape index (κ2) is 9.04. The van der Waals surface area contributed by atoms with Gasteiger partial charge in [0, 0.05) is 62.9 Å². The van der Waals surface area contributed by atoms with Crippen molar-refractivity contribution >= 4 is 5.91 Å². The van der Waals surface area contributed by atoms with E-state index in [-0.39, 0.29) is 11.8 Å². The van der Waals surface area contributed by atoms with Crippen molar-refractivity contribution in [2.45, 2.75) is 57.9 Å². The van der Waals surface area contributed by atoms with Gasteiger partial charge in [-0.1, -0.05) is 37.3 Å². The van der Waals surface area contributed by atoms with E-state index in [1.54, 1.807) is 6.92 Å². The van der Waals surface area contributed by atoms with Crippen LogP contribution in [0.25, 0.3) is 0 Å². The molecule has 154 valence electrons. The SMILES string of the molecule is CC(=O)N1CCC[C@@H](c2ncc3c(n2)CCN(CC[C@@H](C)c2ccccc2)C3)C1. The Labute approximate surface area is 174 Å². The minimum Gasteiger partial charge on any atom is -0.342 e. The molecule has 0 aliphatic carbocycles. The Morgan fingerprint density at radius 3 is 2.86 bits per heavy atom. The maximum absolute atomic E-state index is 11.7. The molecule has 3 heterocycles. The Morgan fingerprint density at radius 2 is 2.07 bits per heavy atom.